The lowest BCUT2D eigenvalue weighted by Crippen LogP contribution is -2.34. The number of benzene rings is 1. The molecular weight excluding hydrogens is 388 g/mol. The van der Waals surface area contributed by atoms with E-state index in [4.69, 9.17) is 4.42 Å². The van der Waals surface area contributed by atoms with Gasteiger partial charge in [0.1, 0.15) is 5.58 Å². The third-order valence-electron chi connectivity index (χ3n) is 4.11. The van der Waals surface area contributed by atoms with E-state index < -0.39 is 0 Å². The quantitative estimate of drug-likeness (QED) is 0.673. The summed E-state index contributed by atoms with van der Waals surface area (Å²) in [4.78, 5) is 14.7. The Balaban J connectivity index is 1.79. The summed E-state index contributed by atoms with van der Waals surface area (Å²) in [6, 6.07) is 7.98. The first kappa shape index (κ1) is 17.2. The van der Waals surface area contributed by atoms with Gasteiger partial charge in [-0.1, -0.05) is 15.9 Å². The molecule has 0 saturated heterocycles. The first-order valence-corrected chi connectivity index (χ1v) is 9.36. The van der Waals surface area contributed by atoms with Gasteiger partial charge in [-0.15, -0.1) is 0 Å². The highest BCUT2D eigenvalue weighted by molar-refractivity contribution is 9.10. The second-order valence-corrected chi connectivity index (χ2v) is 7.64. The summed E-state index contributed by atoms with van der Waals surface area (Å²) in [6.45, 7) is 2.44. The van der Waals surface area contributed by atoms with Crippen LogP contribution in [0.5, 0.6) is 0 Å². The van der Waals surface area contributed by atoms with Gasteiger partial charge < -0.3 is 14.6 Å². The SMILES string of the molecule is Cc1c(C(=O)NC[C@H](c2ccsc2)N(C)C)oc2ccc(Br)cc12. The van der Waals surface area contributed by atoms with Crippen molar-refractivity contribution in [3.63, 3.8) is 0 Å². The molecule has 3 rings (SSSR count). The number of nitrogens with zero attached hydrogens (tertiary/aromatic N) is 1. The lowest BCUT2D eigenvalue weighted by atomic mass is 10.1. The van der Waals surface area contributed by atoms with Crippen molar-refractivity contribution < 1.29 is 9.21 Å². The van der Waals surface area contributed by atoms with Crippen LogP contribution in [0, 0.1) is 6.92 Å². The fourth-order valence-corrected chi connectivity index (χ4v) is 3.81. The Morgan fingerprint density at radius 2 is 2.17 bits per heavy atom. The molecule has 0 aliphatic carbocycles. The van der Waals surface area contributed by atoms with E-state index in [0.29, 0.717) is 12.3 Å². The van der Waals surface area contributed by atoms with E-state index in [9.17, 15) is 4.79 Å². The number of carbonyl (C=O) groups excluding carboxylic acids is 1. The van der Waals surface area contributed by atoms with Crippen LogP contribution in [0.25, 0.3) is 11.0 Å². The predicted molar refractivity (Wildman–Crippen MR) is 102 cm³/mol. The smallest absolute Gasteiger partial charge is 0.287 e. The molecule has 24 heavy (non-hydrogen) atoms. The third-order valence-corrected chi connectivity index (χ3v) is 5.31. The summed E-state index contributed by atoms with van der Waals surface area (Å²) >= 11 is 5.11. The zero-order valence-electron chi connectivity index (χ0n) is 13.8. The first-order valence-electron chi connectivity index (χ1n) is 7.62. The van der Waals surface area contributed by atoms with Crippen LogP contribution in [0.4, 0.5) is 0 Å². The van der Waals surface area contributed by atoms with E-state index in [2.05, 4.69) is 43.0 Å². The Labute approximate surface area is 153 Å². The van der Waals surface area contributed by atoms with Crippen LogP contribution in [0.15, 0.2) is 43.9 Å². The van der Waals surface area contributed by atoms with Gasteiger partial charge in [0.25, 0.3) is 5.91 Å². The average Bonchev–Trinajstić information content (AvgIpc) is 3.16. The number of thiophene rings is 1. The minimum absolute atomic E-state index is 0.138. The maximum absolute atomic E-state index is 12.6. The molecule has 0 spiro atoms. The van der Waals surface area contributed by atoms with Gasteiger partial charge in [-0.05, 0) is 61.6 Å². The molecule has 3 aromatic rings. The molecule has 0 unspecified atom stereocenters. The van der Waals surface area contributed by atoms with Crippen molar-refractivity contribution in [2.24, 2.45) is 0 Å². The third kappa shape index (κ3) is 3.41. The summed E-state index contributed by atoms with van der Waals surface area (Å²) in [5.74, 6) is 0.202. The summed E-state index contributed by atoms with van der Waals surface area (Å²) in [7, 11) is 4.02. The van der Waals surface area contributed by atoms with Gasteiger partial charge in [-0.2, -0.15) is 11.3 Å². The molecule has 2 heterocycles. The van der Waals surface area contributed by atoms with Crippen LogP contribution in [-0.4, -0.2) is 31.4 Å². The topological polar surface area (TPSA) is 45.5 Å². The van der Waals surface area contributed by atoms with Gasteiger partial charge in [0, 0.05) is 22.0 Å². The van der Waals surface area contributed by atoms with Crippen molar-refractivity contribution in [3.05, 3.63) is 56.4 Å². The number of hydrogen-bond acceptors (Lipinski definition) is 4. The fraction of sp³-hybridized carbons (Fsp3) is 0.278. The number of halogens is 1. The number of hydrogen-bond donors (Lipinski definition) is 1. The molecule has 0 aliphatic rings. The fourth-order valence-electron chi connectivity index (χ4n) is 2.74. The predicted octanol–water partition coefficient (Wildman–Crippen LogP) is 4.60. The van der Waals surface area contributed by atoms with E-state index in [1.54, 1.807) is 11.3 Å². The van der Waals surface area contributed by atoms with Crippen LogP contribution >= 0.6 is 27.3 Å². The first-order chi connectivity index (χ1) is 11.5. The van der Waals surface area contributed by atoms with E-state index in [1.165, 1.54) is 5.56 Å². The van der Waals surface area contributed by atoms with Crippen molar-refractivity contribution in [2.45, 2.75) is 13.0 Å². The Morgan fingerprint density at radius 1 is 1.38 bits per heavy atom. The number of aryl methyl sites for hydroxylation is 1. The standard InChI is InChI=1S/C18H19BrN2O2S/c1-11-14-8-13(19)4-5-16(14)23-17(11)18(22)20-9-15(21(2)3)12-6-7-24-10-12/h4-8,10,15H,9H2,1-3H3,(H,20,22)/t15-/m1/s1. The maximum atomic E-state index is 12.6. The number of likely N-dealkylation sites (N-methyl/N-ethyl adjacent to an activating group) is 1. The molecule has 0 fully saturated rings. The monoisotopic (exact) mass is 406 g/mol. The second kappa shape index (κ2) is 7.09. The van der Waals surface area contributed by atoms with Gasteiger partial charge in [0.2, 0.25) is 0 Å². The summed E-state index contributed by atoms with van der Waals surface area (Å²) in [6.07, 6.45) is 0. The minimum Gasteiger partial charge on any atom is -0.451 e. The number of fused-ring (bicyclic) bond motifs is 1. The molecule has 2 aromatic heterocycles. The normalized spacial score (nSPS) is 12.7. The number of carbonyl (C=O) groups is 1. The van der Waals surface area contributed by atoms with Gasteiger partial charge in [0.05, 0.1) is 6.04 Å². The molecule has 0 aliphatic heterocycles. The molecule has 0 radical (unpaired) electrons. The molecule has 6 heteroatoms. The zero-order valence-corrected chi connectivity index (χ0v) is 16.2. The molecule has 1 N–H and O–H groups in total. The van der Waals surface area contributed by atoms with Crippen LogP contribution in [0.1, 0.15) is 27.7 Å². The van der Waals surface area contributed by atoms with E-state index in [-0.39, 0.29) is 11.9 Å². The molecule has 0 saturated carbocycles. The lowest BCUT2D eigenvalue weighted by molar-refractivity contribution is 0.0915. The molecular formula is C18H19BrN2O2S. The molecule has 1 amide bonds. The second-order valence-electron chi connectivity index (χ2n) is 5.94. The van der Waals surface area contributed by atoms with E-state index >= 15 is 0 Å². The van der Waals surface area contributed by atoms with Gasteiger partial charge in [-0.3, -0.25) is 4.79 Å². The van der Waals surface area contributed by atoms with Crippen molar-refractivity contribution in [2.75, 3.05) is 20.6 Å². The van der Waals surface area contributed by atoms with E-state index in [0.717, 1.165) is 21.0 Å². The summed E-state index contributed by atoms with van der Waals surface area (Å²) < 4.78 is 6.72. The Morgan fingerprint density at radius 3 is 2.83 bits per heavy atom. The van der Waals surface area contributed by atoms with Crippen molar-refractivity contribution in [1.29, 1.82) is 0 Å². The number of rotatable bonds is 5. The lowest BCUT2D eigenvalue weighted by Gasteiger charge is -2.23. The van der Waals surface area contributed by atoms with Crippen LogP contribution in [-0.2, 0) is 0 Å². The molecule has 1 atom stereocenters. The molecule has 0 bridgehead atoms. The number of nitrogens with one attached hydrogen (secondary N) is 1. The zero-order chi connectivity index (χ0) is 17.3. The van der Waals surface area contributed by atoms with Crippen molar-refractivity contribution in [1.82, 2.24) is 10.2 Å². The van der Waals surface area contributed by atoms with Crippen molar-refractivity contribution in [3.8, 4) is 0 Å². The Hall–Kier alpha value is -1.63. The van der Waals surface area contributed by atoms with Gasteiger partial charge in [0.15, 0.2) is 5.76 Å². The number of amides is 1. The van der Waals surface area contributed by atoms with Gasteiger partial charge in [-0.25, -0.2) is 0 Å². The highest BCUT2D eigenvalue weighted by Gasteiger charge is 2.20. The van der Waals surface area contributed by atoms with Gasteiger partial charge >= 0.3 is 0 Å². The average molecular weight is 407 g/mol. The summed E-state index contributed by atoms with van der Waals surface area (Å²) in [5.41, 5.74) is 2.79. The largest absolute Gasteiger partial charge is 0.451 e. The molecule has 4 nitrogen and oxygen atoms in total. The minimum atomic E-state index is -0.179. The highest BCUT2D eigenvalue weighted by Crippen LogP contribution is 2.28. The van der Waals surface area contributed by atoms with Crippen LogP contribution < -0.4 is 5.32 Å². The number of furan rings is 1. The highest BCUT2D eigenvalue weighted by atomic mass is 79.9. The maximum Gasteiger partial charge on any atom is 0.287 e. The molecule has 126 valence electrons. The van der Waals surface area contributed by atoms with E-state index in [1.807, 2.05) is 39.2 Å². The Kier molecular flexibility index (Phi) is 5.08. The summed E-state index contributed by atoms with van der Waals surface area (Å²) in [5, 5.41) is 8.12. The Bertz CT molecular complexity index is 855. The molecule has 1 aromatic carbocycles. The van der Waals surface area contributed by atoms with Crippen LogP contribution in [0.2, 0.25) is 0 Å². The van der Waals surface area contributed by atoms with Crippen molar-refractivity contribution >= 4 is 44.1 Å². The van der Waals surface area contributed by atoms with Crippen LogP contribution in [0.3, 0.4) is 0 Å².